The monoisotopic (exact) mass is 232 g/mol. The third-order valence-corrected chi connectivity index (χ3v) is 0.289. The van der Waals surface area contributed by atoms with E-state index in [0.29, 0.717) is 0 Å². The Morgan fingerprint density at radius 3 is 1.60 bits per heavy atom. The third kappa shape index (κ3) is 10.9. The summed E-state index contributed by atoms with van der Waals surface area (Å²) in [5, 5.41) is 0. The SMILES string of the molecule is [CH-]1CC1.[Zn+][I]. The van der Waals surface area contributed by atoms with Crippen LogP contribution in [-0.4, -0.2) is 0 Å². The van der Waals surface area contributed by atoms with E-state index in [1.165, 1.54) is 27.6 Å². The standard InChI is InChI=1S/C3H5.HI.Zn/c1-2-3-1;;/h1H,2-3H2;1H;/q-1;;+2/p-1. The molecule has 0 aromatic carbocycles. The predicted octanol–water partition coefficient (Wildman–Crippen LogP) is 1.87. The van der Waals surface area contributed by atoms with E-state index in [1.54, 1.807) is 0 Å². The quantitative estimate of drug-likeness (QED) is 0.340. The van der Waals surface area contributed by atoms with E-state index < -0.39 is 0 Å². The van der Waals surface area contributed by atoms with Crippen LogP contribution < -0.4 is 0 Å². The van der Waals surface area contributed by atoms with Gasteiger partial charge in [0.25, 0.3) is 0 Å². The van der Waals surface area contributed by atoms with Gasteiger partial charge in [-0.25, -0.2) is 12.8 Å². The Bertz CT molecular complexity index is 11.6. The second-order valence-electron chi connectivity index (χ2n) is 0.866. The normalized spacial score (nSPS) is 15.8. The van der Waals surface area contributed by atoms with E-state index in [9.17, 15) is 0 Å². The van der Waals surface area contributed by atoms with Crippen molar-refractivity contribution in [1.82, 2.24) is 0 Å². The van der Waals surface area contributed by atoms with Gasteiger partial charge in [-0.1, -0.05) is 0 Å². The molecule has 0 N–H and O–H groups in total. The summed E-state index contributed by atoms with van der Waals surface area (Å²) in [6, 6.07) is 0. The number of rotatable bonds is 0. The molecule has 0 spiro atoms. The van der Waals surface area contributed by atoms with Crippen LogP contribution in [0.2, 0.25) is 0 Å². The molecule has 0 unspecified atom stereocenters. The van der Waals surface area contributed by atoms with E-state index in [4.69, 9.17) is 0 Å². The molecule has 1 fully saturated rings. The van der Waals surface area contributed by atoms with Crippen LogP contribution in [0.25, 0.3) is 0 Å². The Morgan fingerprint density at radius 1 is 1.40 bits per heavy atom. The average molecular weight is 233 g/mol. The summed E-state index contributed by atoms with van der Waals surface area (Å²) in [7, 11) is 0. The van der Waals surface area contributed by atoms with Crippen LogP contribution in [0.1, 0.15) is 12.8 Å². The first-order valence-corrected chi connectivity index (χ1v) is 10.6. The molecule has 0 atom stereocenters. The third-order valence-electron chi connectivity index (χ3n) is 0.289. The first-order valence-electron chi connectivity index (χ1n) is 1.58. The summed E-state index contributed by atoms with van der Waals surface area (Å²) in [5.41, 5.74) is 0. The first-order chi connectivity index (χ1) is 2.50. The number of hydrogen-bond donors (Lipinski definition) is 0. The maximum absolute atomic E-state index is 2.28. The molecule has 0 amide bonds. The number of halogens is 1. The molecule has 0 radical (unpaired) electrons. The van der Waals surface area contributed by atoms with Crippen molar-refractivity contribution in [3.8, 4) is 0 Å². The van der Waals surface area contributed by atoms with Gasteiger partial charge in [-0.05, 0) is 0 Å². The van der Waals surface area contributed by atoms with Crippen molar-refractivity contribution in [2.45, 2.75) is 12.8 Å². The Hall–Kier alpha value is 1.35. The average Bonchev–Trinajstić information content (AvgIpc) is 2.19. The van der Waals surface area contributed by atoms with E-state index >= 15 is 0 Å². The van der Waals surface area contributed by atoms with Crippen molar-refractivity contribution in [2.24, 2.45) is 0 Å². The van der Waals surface area contributed by atoms with Crippen molar-refractivity contribution >= 4 is 19.8 Å². The van der Waals surface area contributed by atoms with Crippen LogP contribution in [0.3, 0.4) is 0 Å². The van der Waals surface area contributed by atoms with Crippen molar-refractivity contribution in [3.63, 3.8) is 0 Å². The second-order valence-corrected chi connectivity index (χ2v) is 0.866. The van der Waals surface area contributed by atoms with Gasteiger partial charge in [-0.2, -0.15) is 0 Å². The summed E-state index contributed by atoms with van der Waals surface area (Å²) in [6.07, 6.45) is 5.00. The molecule has 5 heavy (non-hydrogen) atoms. The number of hydrogen-bond acceptors (Lipinski definition) is 0. The fourth-order valence-electron chi connectivity index (χ4n) is 0. The van der Waals surface area contributed by atoms with Gasteiger partial charge < -0.3 is 6.42 Å². The minimum absolute atomic E-state index is 1.34. The predicted molar refractivity (Wildman–Crippen MR) is 27.6 cm³/mol. The molecule has 1 aliphatic rings. The maximum atomic E-state index is 2.28. The Kier molecular flexibility index (Phi) is 6.80. The van der Waals surface area contributed by atoms with Crippen LogP contribution in [-0.2, 0) is 14.8 Å². The molecule has 0 nitrogen and oxygen atoms in total. The fraction of sp³-hybridized carbons (Fsp3) is 0.667. The van der Waals surface area contributed by atoms with E-state index in [0.717, 1.165) is 0 Å². The van der Waals surface area contributed by atoms with E-state index in [2.05, 4.69) is 26.2 Å². The first kappa shape index (κ1) is 6.35. The van der Waals surface area contributed by atoms with Gasteiger partial charge in [0.2, 0.25) is 0 Å². The molecule has 0 aromatic heterocycles. The van der Waals surface area contributed by atoms with Crippen molar-refractivity contribution in [3.05, 3.63) is 6.42 Å². The molecule has 1 saturated carbocycles. The summed E-state index contributed by atoms with van der Waals surface area (Å²) >= 11 is 3.62. The Labute approximate surface area is 53.6 Å². The summed E-state index contributed by atoms with van der Waals surface area (Å²) in [4.78, 5) is 0. The second kappa shape index (κ2) is 5.35. The van der Waals surface area contributed by atoms with Crippen LogP contribution in [0.4, 0.5) is 0 Å². The van der Waals surface area contributed by atoms with Gasteiger partial charge in [0.15, 0.2) is 0 Å². The molecular weight excluding hydrogens is 228 g/mol. The molecule has 0 bridgehead atoms. The molecule has 26 valence electrons. The Morgan fingerprint density at radius 2 is 1.60 bits per heavy atom. The van der Waals surface area contributed by atoms with Crippen LogP contribution >= 0.6 is 19.8 Å². The zero-order chi connectivity index (χ0) is 4.12. The molecular formula is C3H5IZn. The van der Waals surface area contributed by atoms with Crippen molar-refractivity contribution in [2.75, 3.05) is 0 Å². The molecule has 0 saturated heterocycles. The zero-order valence-corrected chi connectivity index (χ0v) is 8.20. The molecule has 0 aliphatic heterocycles. The molecule has 1 rings (SSSR count). The van der Waals surface area contributed by atoms with Gasteiger partial charge in [0, 0.05) is 0 Å². The Balaban J connectivity index is 0.0000000733. The van der Waals surface area contributed by atoms with Gasteiger partial charge in [-0.15, -0.1) is 0 Å². The zero-order valence-electron chi connectivity index (χ0n) is 3.08. The molecule has 2 heteroatoms. The molecule has 1 aliphatic carbocycles. The summed E-state index contributed by atoms with van der Waals surface area (Å²) in [6.45, 7) is 0. The fourth-order valence-corrected chi connectivity index (χ4v) is 0. The van der Waals surface area contributed by atoms with Gasteiger partial charge in [-0.3, -0.25) is 0 Å². The minimum atomic E-state index is 1.34. The molecule has 0 heterocycles. The summed E-state index contributed by atoms with van der Waals surface area (Å²) in [5.74, 6) is 0. The van der Waals surface area contributed by atoms with Crippen molar-refractivity contribution in [1.29, 1.82) is 0 Å². The van der Waals surface area contributed by atoms with Gasteiger partial charge in [0.05, 0.1) is 0 Å². The van der Waals surface area contributed by atoms with Gasteiger partial charge in [0.1, 0.15) is 0 Å². The van der Waals surface area contributed by atoms with E-state index in [-0.39, 0.29) is 0 Å². The van der Waals surface area contributed by atoms with Crippen molar-refractivity contribution < 1.29 is 14.8 Å². The topological polar surface area (TPSA) is 0 Å². The molecule has 0 aromatic rings. The van der Waals surface area contributed by atoms with E-state index in [1.807, 2.05) is 0 Å². The van der Waals surface area contributed by atoms with Crippen LogP contribution in [0.5, 0.6) is 0 Å². The van der Waals surface area contributed by atoms with Gasteiger partial charge >= 0.3 is 34.5 Å². The van der Waals surface area contributed by atoms with Crippen LogP contribution in [0.15, 0.2) is 0 Å². The summed E-state index contributed by atoms with van der Waals surface area (Å²) < 4.78 is 0. The van der Waals surface area contributed by atoms with Crippen LogP contribution in [0, 0.1) is 6.42 Å².